The number of thioether (sulfide) groups is 1. The molecule has 2 rings (SSSR count). The first-order valence-corrected chi connectivity index (χ1v) is 8.54. The van der Waals surface area contributed by atoms with Gasteiger partial charge >= 0.3 is 0 Å². The van der Waals surface area contributed by atoms with E-state index in [0.717, 1.165) is 18.1 Å². The van der Waals surface area contributed by atoms with E-state index in [2.05, 4.69) is 39.0 Å². The molecule has 0 saturated heterocycles. The number of hydrogen-bond acceptors (Lipinski definition) is 2. The Morgan fingerprint density at radius 2 is 2.11 bits per heavy atom. The van der Waals surface area contributed by atoms with Gasteiger partial charge in [-0.25, -0.2) is 4.99 Å². The number of nitrogens with zero attached hydrogens (tertiary/aromatic N) is 1. The molecule has 0 bridgehead atoms. The predicted molar refractivity (Wildman–Crippen MR) is 87.9 cm³/mol. The molecule has 0 unspecified atom stereocenters. The van der Waals surface area contributed by atoms with Crippen LogP contribution in [0.15, 0.2) is 23.2 Å². The molecule has 1 aromatic rings. The van der Waals surface area contributed by atoms with Gasteiger partial charge in [0.1, 0.15) is 0 Å². The lowest BCUT2D eigenvalue weighted by molar-refractivity contribution is 0.418. The lowest BCUT2D eigenvalue weighted by atomic mass is 9.78. The standard InChI is InChI=1S/C17H25NS/c1-4-8-17(19-5-2)18-16-12-7-11-15(13(16)3)14-9-6-10-14/h7,11-12,14H,4-6,8-10H2,1-3H3. The minimum Gasteiger partial charge on any atom is -0.246 e. The van der Waals surface area contributed by atoms with Crippen LogP contribution in [-0.2, 0) is 0 Å². The lowest BCUT2D eigenvalue weighted by Crippen LogP contribution is -2.10. The highest BCUT2D eigenvalue weighted by Crippen LogP contribution is 2.40. The summed E-state index contributed by atoms with van der Waals surface area (Å²) in [7, 11) is 0. The Bertz CT molecular complexity index is 439. The third kappa shape index (κ3) is 3.62. The van der Waals surface area contributed by atoms with Crippen molar-refractivity contribution < 1.29 is 0 Å². The average molecular weight is 275 g/mol. The van der Waals surface area contributed by atoms with Gasteiger partial charge in [-0.1, -0.05) is 38.8 Å². The largest absolute Gasteiger partial charge is 0.246 e. The molecule has 1 aliphatic carbocycles. The Morgan fingerprint density at radius 3 is 2.68 bits per heavy atom. The van der Waals surface area contributed by atoms with Crippen molar-refractivity contribution in [2.75, 3.05) is 5.75 Å². The first-order chi connectivity index (χ1) is 9.26. The molecule has 1 aromatic carbocycles. The van der Waals surface area contributed by atoms with Crippen molar-refractivity contribution in [3.05, 3.63) is 29.3 Å². The number of hydrogen-bond donors (Lipinski definition) is 0. The third-order valence-electron chi connectivity index (χ3n) is 3.91. The van der Waals surface area contributed by atoms with Crippen molar-refractivity contribution >= 4 is 22.5 Å². The molecule has 2 heteroatoms. The Hall–Kier alpha value is -0.760. The Kier molecular flexibility index (Phi) is 5.50. The summed E-state index contributed by atoms with van der Waals surface area (Å²) in [4.78, 5) is 4.92. The Balaban J connectivity index is 2.25. The van der Waals surface area contributed by atoms with E-state index in [1.165, 1.54) is 47.5 Å². The monoisotopic (exact) mass is 275 g/mol. The zero-order valence-electron chi connectivity index (χ0n) is 12.4. The lowest BCUT2D eigenvalue weighted by Gasteiger charge is -2.27. The number of benzene rings is 1. The summed E-state index contributed by atoms with van der Waals surface area (Å²) in [6, 6.07) is 6.65. The van der Waals surface area contributed by atoms with Gasteiger partial charge in [-0.3, -0.25) is 0 Å². The molecule has 0 aromatic heterocycles. The first kappa shape index (κ1) is 14.6. The number of aliphatic imine (C=N–C) groups is 1. The Morgan fingerprint density at radius 1 is 1.32 bits per heavy atom. The molecule has 19 heavy (non-hydrogen) atoms. The van der Waals surface area contributed by atoms with Gasteiger partial charge in [-0.05, 0) is 55.1 Å². The van der Waals surface area contributed by atoms with Crippen LogP contribution >= 0.6 is 11.8 Å². The van der Waals surface area contributed by atoms with E-state index >= 15 is 0 Å². The second-order valence-electron chi connectivity index (χ2n) is 5.31. The molecule has 1 aliphatic rings. The van der Waals surface area contributed by atoms with Gasteiger partial charge in [0.25, 0.3) is 0 Å². The zero-order chi connectivity index (χ0) is 13.7. The van der Waals surface area contributed by atoms with Crippen molar-refractivity contribution in [3.8, 4) is 0 Å². The highest BCUT2D eigenvalue weighted by atomic mass is 32.2. The zero-order valence-corrected chi connectivity index (χ0v) is 13.2. The smallest absolute Gasteiger partial charge is 0.0738 e. The second-order valence-corrected chi connectivity index (χ2v) is 6.65. The van der Waals surface area contributed by atoms with E-state index in [-0.39, 0.29) is 0 Å². The molecule has 0 radical (unpaired) electrons. The second kappa shape index (κ2) is 7.14. The molecule has 1 fully saturated rings. The van der Waals surface area contributed by atoms with Crippen LogP contribution in [0, 0.1) is 6.92 Å². The fourth-order valence-corrected chi connectivity index (χ4v) is 3.44. The van der Waals surface area contributed by atoms with Crippen molar-refractivity contribution in [2.45, 2.75) is 58.8 Å². The van der Waals surface area contributed by atoms with Gasteiger partial charge < -0.3 is 0 Å². The van der Waals surface area contributed by atoms with Gasteiger partial charge in [0, 0.05) is 0 Å². The van der Waals surface area contributed by atoms with Crippen LogP contribution in [-0.4, -0.2) is 10.8 Å². The fraction of sp³-hybridized carbons (Fsp3) is 0.588. The minimum absolute atomic E-state index is 0.795. The number of rotatable bonds is 5. The maximum atomic E-state index is 4.92. The normalized spacial score (nSPS) is 16.5. The van der Waals surface area contributed by atoms with E-state index in [4.69, 9.17) is 4.99 Å². The van der Waals surface area contributed by atoms with E-state index in [9.17, 15) is 0 Å². The summed E-state index contributed by atoms with van der Waals surface area (Å²) >= 11 is 1.89. The van der Waals surface area contributed by atoms with Crippen molar-refractivity contribution in [1.82, 2.24) is 0 Å². The molecule has 0 amide bonds. The highest BCUT2D eigenvalue weighted by molar-refractivity contribution is 8.13. The summed E-state index contributed by atoms with van der Waals surface area (Å²) in [6.45, 7) is 6.67. The predicted octanol–water partition coefficient (Wildman–Crippen LogP) is 5.85. The van der Waals surface area contributed by atoms with Crippen molar-refractivity contribution in [1.29, 1.82) is 0 Å². The third-order valence-corrected chi connectivity index (χ3v) is 4.83. The highest BCUT2D eigenvalue weighted by Gasteiger charge is 2.21. The van der Waals surface area contributed by atoms with Crippen LogP contribution in [0.5, 0.6) is 0 Å². The van der Waals surface area contributed by atoms with Crippen molar-refractivity contribution in [2.24, 2.45) is 4.99 Å². The van der Waals surface area contributed by atoms with Gasteiger partial charge in [-0.15, -0.1) is 11.8 Å². The van der Waals surface area contributed by atoms with Crippen LogP contribution in [0.25, 0.3) is 0 Å². The van der Waals surface area contributed by atoms with Crippen LogP contribution < -0.4 is 0 Å². The maximum absolute atomic E-state index is 4.92. The van der Waals surface area contributed by atoms with E-state index in [1.54, 1.807) is 0 Å². The quantitative estimate of drug-likeness (QED) is 0.485. The van der Waals surface area contributed by atoms with E-state index < -0.39 is 0 Å². The van der Waals surface area contributed by atoms with Crippen molar-refractivity contribution in [3.63, 3.8) is 0 Å². The maximum Gasteiger partial charge on any atom is 0.0738 e. The fourth-order valence-electron chi connectivity index (χ4n) is 2.60. The molecule has 0 heterocycles. The molecule has 0 atom stereocenters. The van der Waals surface area contributed by atoms with Crippen LogP contribution in [0.1, 0.15) is 63.0 Å². The molecule has 104 valence electrons. The molecule has 0 aliphatic heterocycles. The summed E-state index contributed by atoms with van der Waals surface area (Å²) in [6.07, 6.45) is 6.39. The minimum atomic E-state index is 0.795. The van der Waals surface area contributed by atoms with Gasteiger partial charge in [0.05, 0.1) is 10.7 Å². The molecular formula is C17H25NS. The van der Waals surface area contributed by atoms with Crippen LogP contribution in [0.4, 0.5) is 5.69 Å². The summed E-state index contributed by atoms with van der Waals surface area (Å²) in [5.74, 6) is 1.91. The van der Waals surface area contributed by atoms with Crippen LogP contribution in [0.2, 0.25) is 0 Å². The first-order valence-electron chi connectivity index (χ1n) is 7.56. The summed E-state index contributed by atoms with van der Waals surface area (Å²) in [5, 5.41) is 1.29. The Labute approximate surface area is 121 Å². The summed E-state index contributed by atoms with van der Waals surface area (Å²) in [5.41, 5.74) is 4.12. The SMILES string of the molecule is CCCC(=Nc1cccc(C2CCC2)c1C)SCC. The molecule has 1 saturated carbocycles. The molecular weight excluding hydrogens is 250 g/mol. The topological polar surface area (TPSA) is 12.4 Å². The summed E-state index contributed by atoms with van der Waals surface area (Å²) < 4.78 is 0. The van der Waals surface area contributed by atoms with Gasteiger partial charge in [0.2, 0.25) is 0 Å². The van der Waals surface area contributed by atoms with E-state index in [0.29, 0.717) is 0 Å². The van der Waals surface area contributed by atoms with Gasteiger partial charge in [0.15, 0.2) is 0 Å². The average Bonchev–Trinajstić information content (AvgIpc) is 2.32. The van der Waals surface area contributed by atoms with E-state index in [1.807, 2.05) is 11.8 Å². The molecule has 1 nitrogen and oxygen atoms in total. The molecule has 0 spiro atoms. The van der Waals surface area contributed by atoms with Gasteiger partial charge in [-0.2, -0.15) is 0 Å². The van der Waals surface area contributed by atoms with Crippen LogP contribution in [0.3, 0.4) is 0 Å². The molecule has 0 N–H and O–H groups in total.